The van der Waals surface area contributed by atoms with Gasteiger partial charge in [0.15, 0.2) is 0 Å². The van der Waals surface area contributed by atoms with Gasteiger partial charge in [0.25, 0.3) is 5.91 Å². The van der Waals surface area contributed by atoms with Crippen LogP contribution < -0.4 is 19.5 Å². The van der Waals surface area contributed by atoms with Crippen LogP contribution in [0.1, 0.15) is 60.4 Å². The van der Waals surface area contributed by atoms with Crippen LogP contribution in [0.15, 0.2) is 66.7 Å². The van der Waals surface area contributed by atoms with Gasteiger partial charge in [-0.25, -0.2) is 0 Å². The zero-order chi connectivity index (χ0) is 28.6. The SMILES string of the molecule is COc1cccc(-c2cc(C(=O)NC3CCC(c4ccc(OC5CCN(CCO)CC5)cc4)CC3)ccc2OC)c1. The Balaban J connectivity index is 1.13. The van der Waals surface area contributed by atoms with Crippen LogP contribution in [0.25, 0.3) is 11.1 Å². The summed E-state index contributed by atoms with van der Waals surface area (Å²) in [7, 11) is 3.29. The van der Waals surface area contributed by atoms with E-state index in [9.17, 15) is 4.79 Å². The van der Waals surface area contributed by atoms with Crippen molar-refractivity contribution in [1.82, 2.24) is 10.2 Å². The molecule has 0 aromatic heterocycles. The van der Waals surface area contributed by atoms with E-state index in [1.165, 1.54) is 5.56 Å². The Kier molecular flexibility index (Phi) is 9.80. The molecule has 1 heterocycles. The lowest BCUT2D eigenvalue weighted by Gasteiger charge is -2.32. The highest BCUT2D eigenvalue weighted by atomic mass is 16.5. The number of ether oxygens (including phenoxy) is 3. The van der Waals surface area contributed by atoms with Crippen molar-refractivity contribution in [3.05, 3.63) is 77.9 Å². The second-order valence-electron chi connectivity index (χ2n) is 11.1. The number of hydrogen-bond acceptors (Lipinski definition) is 6. The lowest BCUT2D eigenvalue weighted by atomic mass is 9.81. The second-order valence-corrected chi connectivity index (χ2v) is 11.1. The molecule has 5 rings (SSSR count). The quantitative estimate of drug-likeness (QED) is 0.334. The molecule has 0 atom stereocenters. The molecule has 41 heavy (non-hydrogen) atoms. The summed E-state index contributed by atoms with van der Waals surface area (Å²) in [4.78, 5) is 15.5. The van der Waals surface area contributed by atoms with Gasteiger partial charge in [-0.2, -0.15) is 0 Å². The summed E-state index contributed by atoms with van der Waals surface area (Å²) in [6, 6.07) is 22.1. The third-order valence-electron chi connectivity index (χ3n) is 8.51. The fourth-order valence-electron chi connectivity index (χ4n) is 6.11. The monoisotopic (exact) mass is 558 g/mol. The summed E-state index contributed by atoms with van der Waals surface area (Å²) in [5.74, 6) is 2.86. The van der Waals surface area contributed by atoms with E-state index in [1.807, 2.05) is 42.5 Å². The summed E-state index contributed by atoms with van der Waals surface area (Å²) >= 11 is 0. The number of carbonyl (C=O) groups is 1. The zero-order valence-corrected chi connectivity index (χ0v) is 24.2. The van der Waals surface area contributed by atoms with Crippen molar-refractivity contribution in [2.24, 2.45) is 0 Å². The highest BCUT2D eigenvalue weighted by Gasteiger charge is 2.25. The summed E-state index contributed by atoms with van der Waals surface area (Å²) in [6.45, 7) is 2.92. The van der Waals surface area contributed by atoms with Crippen LogP contribution in [0.5, 0.6) is 17.2 Å². The van der Waals surface area contributed by atoms with Crippen molar-refractivity contribution >= 4 is 5.91 Å². The molecule has 0 bridgehead atoms. The van der Waals surface area contributed by atoms with E-state index >= 15 is 0 Å². The number of aliphatic hydroxyl groups is 1. The number of carbonyl (C=O) groups excluding carboxylic acids is 1. The van der Waals surface area contributed by atoms with Gasteiger partial charge in [0.2, 0.25) is 0 Å². The maximum absolute atomic E-state index is 13.2. The van der Waals surface area contributed by atoms with E-state index < -0.39 is 0 Å². The molecule has 7 heteroatoms. The molecule has 1 saturated carbocycles. The summed E-state index contributed by atoms with van der Waals surface area (Å²) < 4.78 is 17.2. The van der Waals surface area contributed by atoms with E-state index in [-0.39, 0.29) is 24.7 Å². The Morgan fingerprint density at radius 2 is 1.63 bits per heavy atom. The largest absolute Gasteiger partial charge is 0.497 e. The number of β-amino-alcohol motifs (C(OH)–C–C–N with tert-alkyl or cyclic N) is 1. The number of amides is 1. The number of hydrogen-bond donors (Lipinski definition) is 2. The van der Waals surface area contributed by atoms with E-state index in [0.717, 1.165) is 86.5 Å². The van der Waals surface area contributed by atoms with Gasteiger partial charge < -0.3 is 29.5 Å². The predicted molar refractivity (Wildman–Crippen MR) is 161 cm³/mol. The molecular weight excluding hydrogens is 516 g/mol. The molecule has 218 valence electrons. The number of piperidine rings is 1. The number of methoxy groups -OCH3 is 2. The number of aliphatic hydroxyl groups excluding tert-OH is 1. The smallest absolute Gasteiger partial charge is 0.251 e. The first kappa shape index (κ1) is 29.0. The zero-order valence-electron chi connectivity index (χ0n) is 24.2. The molecule has 7 nitrogen and oxygen atoms in total. The van der Waals surface area contributed by atoms with Gasteiger partial charge in [0, 0.05) is 36.8 Å². The van der Waals surface area contributed by atoms with Gasteiger partial charge >= 0.3 is 0 Å². The molecule has 3 aromatic carbocycles. The first-order valence-electron chi connectivity index (χ1n) is 14.8. The first-order valence-corrected chi connectivity index (χ1v) is 14.8. The van der Waals surface area contributed by atoms with Crippen LogP contribution in [0, 0.1) is 0 Å². The van der Waals surface area contributed by atoms with Crippen molar-refractivity contribution in [3.8, 4) is 28.4 Å². The number of likely N-dealkylation sites (tertiary alicyclic amines) is 1. The number of benzene rings is 3. The van der Waals surface area contributed by atoms with Gasteiger partial charge in [-0.1, -0.05) is 24.3 Å². The molecule has 3 aromatic rings. The van der Waals surface area contributed by atoms with E-state index in [0.29, 0.717) is 11.5 Å². The highest BCUT2D eigenvalue weighted by Crippen LogP contribution is 2.35. The molecule has 1 aliphatic carbocycles. The Hall–Kier alpha value is -3.55. The molecule has 2 fully saturated rings. The third-order valence-corrected chi connectivity index (χ3v) is 8.51. The second kappa shape index (κ2) is 13.9. The normalized spacial score (nSPS) is 19.9. The Morgan fingerprint density at radius 3 is 2.32 bits per heavy atom. The highest BCUT2D eigenvalue weighted by molar-refractivity contribution is 5.96. The summed E-state index contributed by atoms with van der Waals surface area (Å²) in [5.41, 5.74) is 3.77. The maximum atomic E-state index is 13.2. The standard InChI is InChI=1S/C34H42N2O5/c1-39-31-5-3-4-26(22-31)32-23-27(10-15-33(32)40-2)34(38)35-28-11-6-24(7-12-28)25-8-13-29(14-9-25)41-30-16-18-36(19-17-30)20-21-37/h3-5,8-10,13-15,22-24,28,30,37H,6-7,11-12,16-21H2,1-2H3,(H,35,38). The third kappa shape index (κ3) is 7.40. The van der Waals surface area contributed by atoms with Gasteiger partial charge in [-0.05, 0) is 98.0 Å². The number of nitrogens with zero attached hydrogens (tertiary/aromatic N) is 1. The van der Waals surface area contributed by atoms with Crippen LogP contribution in [0.4, 0.5) is 0 Å². The molecule has 0 radical (unpaired) electrons. The van der Waals surface area contributed by atoms with Crippen LogP contribution in [0.3, 0.4) is 0 Å². The van der Waals surface area contributed by atoms with E-state index in [1.54, 1.807) is 14.2 Å². The van der Waals surface area contributed by atoms with Crippen LogP contribution in [-0.4, -0.2) is 68.5 Å². The van der Waals surface area contributed by atoms with Crippen molar-refractivity contribution < 1.29 is 24.1 Å². The van der Waals surface area contributed by atoms with Crippen LogP contribution >= 0.6 is 0 Å². The van der Waals surface area contributed by atoms with Crippen molar-refractivity contribution in [1.29, 1.82) is 0 Å². The van der Waals surface area contributed by atoms with E-state index in [4.69, 9.17) is 19.3 Å². The Labute approximate surface area is 243 Å². The molecule has 1 saturated heterocycles. The Morgan fingerprint density at radius 1 is 0.878 bits per heavy atom. The fraction of sp³-hybridized carbons (Fsp3) is 0.441. The summed E-state index contributed by atoms with van der Waals surface area (Å²) in [5, 5.41) is 12.4. The van der Waals surface area contributed by atoms with E-state index in [2.05, 4.69) is 34.5 Å². The van der Waals surface area contributed by atoms with Crippen molar-refractivity contribution in [2.45, 2.75) is 56.6 Å². The minimum absolute atomic E-state index is 0.0519. The molecular formula is C34H42N2O5. The van der Waals surface area contributed by atoms with Gasteiger partial charge in [-0.3, -0.25) is 4.79 Å². The number of rotatable bonds is 10. The van der Waals surface area contributed by atoms with Gasteiger partial charge in [0.1, 0.15) is 23.4 Å². The minimum Gasteiger partial charge on any atom is -0.497 e. The first-order chi connectivity index (χ1) is 20.1. The molecule has 0 unspecified atom stereocenters. The van der Waals surface area contributed by atoms with Crippen molar-refractivity contribution in [3.63, 3.8) is 0 Å². The molecule has 0 spiro atoms. The lowest BCUT2D eigenvalue weighted by Crippen LogP contribution is -2.39. The van der Waals surface area contributed by atoms with Crippen LogP contribution in [0.2, 0.25) is 0 Å². The van der Waals surface area contributed by atoms with Gasteiger partial charge in [-0.15, -0.1) is 0 Å². The van der Waals surface area contributed by atoms with Crippen LogP contribution in [-0.2, 0) is 0 Å². The van der Waals surface area contributed by atoms with Gasteiger partial charge in [0.05, 0.1) is 20.8 Å². The fourth-order valence-corrected chi connectivity index (χ4v) is 6.11. The molecule has 2 N–H and O–H groups in total. The lowest BCUT2D eigenvalue weighted by molar-refractivity contribution is 0.0888. The molecule has 1 amide bonds. The topological polar surface area (TPSA) is 80.3 Å². The average molecular weight is 559 g/mol. The molecule has 1 aliphatic heterocycles. The maximum Gasteiger partial charge on any atom is 0.251 e. The minimum atomic E-state index is -0.0519. The molecule has 2 aliphatic rings. The Bertz CT molecular complexity index is 1280. The average Bonchev–Trinajstić information content (AvgIpc) is 3.02. The van der Waals surface area contributed by atoms with Crippen molar-refractivity contribution in [2.75, 3.05) is 40.5 Å². The predicted octanol–water partition coefficient (Wildman–Crippen LogP) is 5.66. The number of nitrogens with one attached hydrogen (secondary N) is 1. The summed E-state index contributed by atoms with van der Waals surface area (Å²) in [6.07, 6.45) is 6.25.